The average molecular weight is 269 g/mol. The highest BCUT2D eigenvalue weighted by Crippen LogP contribution is 2.05. The number of aliphatic hydroxyl groups is 1. The molecule has 6 nitrogen and oxygen atoms in total. The van der Waals surface area contributed by atoms with E-state index in [4.69, 9.17) is 21.1 Å². The molecule has 0 radical (unpaired) electrons. The fourth-order valence-corrected chi connectivity index (χ4v) is 1.11. The van der Waals surface area contributed by atoms with E-state index in [1.54, 1.807) is 37.3 Å². The molecule has 106 valence electrons. The fraction of sp³-hybridized carbons (Fsp3) is 0.385. The lowest BCUT2D eigenvalue weighted by Crippen LogP contribution is -2.41. The Morgan fingerprint density at radius 1 is 1.11 bits per heavy atom. The molecule has 0 bridgehead atoms. The van der Waals surface area contributed by atoms with Crippen LogP contribution in [-0.4, -0.2) is 39.4 Å². The normalized spacial score (nSPS) is 14.5. The van der Waals surface area contributed by atoms with Gasteiger partial charge in [0.15, 0.2) is 0 Å². The van der Waals surface area contributed by atoms with Gasteiger partial charge in [-0.2, -0.15) is 0 Å². The molecule has 1 aromatic carbocycles. The number of hydrogen-bond donors (Lipinski definition) is 4. The van der Waals surface area contributed by atoms with E-state index in [0.29, 0.717) is 5.56 Å². The number of benzene rings is 1. The lowest BCUT2D eigenvalue weighted by molar-refractivity contribution is -0.140. The first-order valence-corrected chi connectivity index (χ1v) is 5.72. The van der Waals surface area contributed by atoms with Crippen molar-refractivity contribution in [2.45, 2.75) is 26.0 Å². The molecule has 1 aromatic rings. The van der Waals surface area contributed by atoms with Gasteiger partial charge >= 0.3 is 11.9 Å². The molecule has 0 saturated carbocycles. The van der Waals surface area contributed by atoms with Crippen molar-refractivity contribution in [2.24, 2.45) is 11.7 Å². The van der Waals surface area contributed by atoms with Crippen LogP contribution in [0.3, 0.4) is 0 Å². The van der Waals surface area contributed by atoms with Gasteiger partial charge in [-0.3, -0.25) is 4.79 Å². The van der Waals surface area contributed by atoms with Gasteiger partial charge in [-0.1, -0.05) is 25.1 Å². The van der Waals surface area contributed by atoms with Crippen molar-refractivity contribution in [1.82, 2.24) is 0 Å². The Hall–Kier alpha value is -1.92. The Morgan fingerprint density at radius 3 is 1.79 bits per heavy atom. The molecule has 1 rings (SSSR count). The molecule has 0 aliphatic heterocycles. The second-order valence-corrected chi connectivity index (χ2v) is 4.13. The van der Waals surface area contributed by atoms with E-state index >= 15 is 0 Å². The maximum Gasteiger partial charge on any atom is 0.335 e. The lowest BCUT2D eigenvalue weighted by atomic mass is 9.98. The quantitative estimate of drug-likeness (QED) is 0.641. The van der Waals surface area contributed by atoms with Crippen LogP contribution in [0.5, 0.6) is 0 Å². The van der Waals surface area contributed by atoms with Crippen molar-refractivity contribution in [1.29, 1.82) is 0 Å². The smallest absolute Gasteiger partial charge is 0.335 e. The van der Waals surface area contributed by atoms with Crippen LogP contribution < -0.4 is 5.73 Å². The summed E-state index contributed by atoms with van der Waals surface area (Å²) < 4.78 is 0. The zero-order chi connectivity index (χ0) is 15.0. The summed E-state index contributed by atoms with van der Waals surface area (Å²) in [5, 5.41) is 25.6. The average Bonchev–Trinajstić information content (AvgIpc) is 2.38. The second kappa shape index (κ2) is 8.23. The highest BCUT2D eigenvalue weighted by molar-refractivity contribution is 5.87. The van der Waals surface area contributed by atoms with Crippen LogP contribution in [-0.2, 0) is 4.79 Å². The van der Waals surface area contributed by atoms with Gasteiger partial charge in [-0.05, 0) is 19.1 Å². The standard InChI is InChI=1S/C7H6O2.C6H13NO3/c8-7(9)6-4-2-1-3-5-6;1-3(4(2)8)5(7)6(9)10/h1-5H,(H,8,9);3-5,8H,7H2,1-2H3,(H,9,10)/t;3?,4?,5-/m.0/s1. The molecule has 0 saturated heterocycles. The third-order valence-electron chi connectivity index (χ3n) is 2.63. The number of carbonyl (C=O) groups is 2. The Kier molecular flexibility index (Phi) is 7.40. The predicted octanol–water partition coefficient (Wildman–Crippen LogP) is 0.800. The van der Waals surface area contributed by atoms with Gasteiger partial charge in [0.2, 0.25) is 0 Å². The summed E-state index contributed by atoms with van der Waals surface area (Å²) in [7, 11) is 0. The minimum atomic E-state index is -1.08. The van der Waals surface area contributed by atoms with Gasteiger partial charge in [0.1, 0.15) is 6.04 Å². The molecule has 19 heavy (non-hydrogen) atoms. The molecule has 6 heteroatoms. The summed E-state index contributed by atoms with van der Waals surface area (Å²) in [6.45, 7) is 3.12. The molecule has 0 spiro atoms. The van der Waals surface area contributed by atoms with Crippen LogP contribution in [0, 0.1) is 5.92 Å². The predicted molar refractivity (Wildman–Crippen MR) is 69.9 cm³/mol. The SMILES string of the molecule is CC(O)C(C)[C@H](N)C(=O)O.O=C(O)c1ccccc1. The summed E-state index contributed by atoms with van der Waals surface area (Å²) in [5.74, 6) is -2.36. The van der Waals surface area contributed by atoms with Crippen LogP contribution in [0.1, 0.15) is 24.2 Å². The number of nitrogens with two attached hydrogens (primary N) is 1. The molecule has 0 amide bonds. The first-order chi connectivity index (χ1) is 8.77. The van der Waals surface area contributed by atoms with Gasteiger partial charge in [-0.25, -0.2) is 4.79 Å². The Labute approximate surface area is 111 Å². The lowest BCUT2D eigenvalue weighted by Gasteiger charge is -2.17. The van der Waals surface area contributed by atoms with E-state index in [1.807, 2.05) is 0 Å². The minimum Gasteiger partial charge on any atom is -0.480 e. The van der Waals surface area contributed by atoms with Crippen LogP contribution in [0.2, 0.25) is 0 Å². The Morgan fingerprint density at radius 2 is 1.58 bits per heavy atom. The Balaban J connectivity index is 0.000000342. The number of aliphatic carboxylic acids is 1. The van der Waals surface area contributed by atoms with Gasteiger partial charge in [-0.15, -0.1) is 0 Å². The van der Waals surface area contributed by atoms with E-state index in [0.717, 1.165) is 0 Å². The molecule has 0 aliphatic carbocycles. The largest absolute Gasteiger partial charge is 0.480 e. The van der Waals surface area contributed by atoms with Gasteiger partial charge in [0.25, 0.3) is 0 Å². The van der Waals surface area contributed by atoms with Crippen molar-refractivity contribution in [3.63, 3.8) is 0 Å². The zero-order valence-electron chi connectivity index (χ0n) is 10.9. The van der Waals surface area contributed by atoms with Crippen molar-refractivity contribution >= 4 is 11.9 Å². The molecule has 2 unspecified atom stereocenters. The summed E-state index contributed by atoms with van der Waals surface area (Å²) >= 11 is 0. The molecule has 3 atom stereocenters. The molecule has 5 N–H and O–H groups in total. The molecule has 0 aromatic heterocycles. The monoisotopic (exact) mass is 269 g/mol. The number of hydrogen-bond acceptors (Lipinski definition) is 4. The van der Waals surface area contributed by atoms with Crippen LogP contribution >= 0.6 is 0 Å². The minimum absolute atomic E-state index is 0.331. The third kappa shape index (κ3) is 6.54. The number of carboxylic acid groups (broad SMARTS) is 2. The second-order valence-electron chi connectivity index (χ2n) is 4.13. The van der Waals surface area contributed by atoms with Crippen LogP contribution in [0.25, 0.3) is 0 Å². The number of carboxylic acids is 2. The zero-order valence-corrected chi connectivity index (χ0v) is 10.9. The molecular weight excluding hydrogens is 250 g/mol. The third-order valence-corrected chi connectivity index (χ3v) is 2.63. The summed E-state index contributed by atoms with van der Waals surface area (Å²) in [6.07, 6.45) is -0.675. The fourth-order valence-electron chi connectivity index (χ4n) is 1.11. The van der Waals surface area contributed by atoms with Crippen molar-refractivity contribution in [3.05, 3.63) is 35.9 Å². The summed E-state index contributed by atoms with van der Waals surface area (Å²) in [5.41, 5.74) is 5.53. The van der Waals surface area contributed by atoms with E-state index in [2.05, 4.69) is 0 Å². The molecule has 0 heterocycles. The van der Waals surface area contributed by atoms with Gasteiger partial charge in [0, 0.05) is 5.92 Å². The maximum atomic E-state index is 10.2. The van der Waals surface area contributed by atoms with E-state index < -0.39 is 30.0 Å². The van der Waals surface area contributed by atoms with Gasteiger partial charge in [0.05, 0.1) is 11.7 Å². The number of rotatable bonds is 4. The van der Waals surface area contributed by atoms with Crippen molar-refractivity contribution < 1.29 is 24.9 Å². The first kappa shape index (κ1) is 17.1. The molecule has 0 fully saturated rings. The van der Waals surface area contributed by atoms with Gasteiger partial charge < -0.3 is 21.1 Å². The first-order valence-electron chi connectivity index (χ1n) is 5.72. The maximum absolute atomic E-state index is 10.2. The van der Waals surface area contributed by atoms with Crippen LogP contribution in [0.15, 0.2) is 30.3 Å². The highest BCUT2D eigenvalue weighted by atomic mass is 16.4. The topological polar surface area (TPSA) is 121 Å². The van der Waals surface area contributed by atoms with E-state index in [1.165, 1.54) is 6.92 Å². The number of aromatic carboxylic acids is 1. The summed E-state index contributed by atoms with van der Waals surface area (Å²) in [4.78, 5) is 20.4. The van der Waals surface area contributed by atoms with E-state index in [-0.39, 0.29) is 0 Å². The van der Waals surface area contributed by atoms with Crippen LogP contribution in [0.4, 0.5) is 0 Å². The molecule has 0 aliphatic rings. The Bertz CT molecular complexity index is 405. The van der Waals surface area contributed by atoms with Crippen molar-refractivity contribution in [2.75, 3.05) is 0 Å². The van der Waals surface area contributed by atoms with E-state index in [9.17, 15) is 9.59 Å². The molecular formula is C13H19NO5. The van der Waals surface area contributed by atoms with Crippen molar-refractivity contribution in [3.8, 4) is 0 Å². The highest BCUT2D eigenvalue weighted by Gasteiger charge is 2.23. The summed E-state index contributed by atoms with van der Waals surface area (Å²) in [6, 6.07) is 7.32. The number of aliphatic hydroxyl groups excluding tert-OH is 1.